The van der Waals surface area contributed by atoms with Crippen LogP contribution in [-0.4, -0.2) is 57.7 Å². The second-order valence-electron chi connectivity index (χ2n) is 4.38. The van der Waals surface area contributed by atoms with E-state index in [4.69, 9.17) is 20.3 Å². The van der Waals surface area contributed by atoms with Crippen LogP contribution in [0.15, 0.2) is 24.3 Å². The molecule has 0 amide bonds. The van der Waals surface area contributed by atoms with E-state index >= 15 is 0 Å². The summed E-state index contributed by atoms with van der Waals surface area (Å²) in [5.41, 5.74) is 6.09. The fraction of sp³-hybridized carbons (Fsp3) is 0.500. The van der Waals surface area contributed by atoms with Gasteiger partial charge >= 0.3 is 0 Å². The minimum Gasteiger partial charge on any atom is -0.462 e. The molecule has 0 spiro atoms. The molecule has 7 heteroatoms. The van der Waals surface area contributed by atoms with Crippen LogP contribution in [0.3, 0.4) is 0 Å². The van der Waals surface area contributed by atoms with Gasteiger partial charge in [0.1, 0.15) is 30.2 Å². The molecule has 7 nitrogen and oxygen atoms in total. The molecule has 0 aliphatic carbocycles. The molecule has 0 unspecified atom stereocenters. The van der Waals surface area contributed by atoms with E-state index in [0.717, 1.165) is 0 Å². The minimum absolute atomic E-state index is 0.388. The fourth-order valence-electron chi connectivity index (χ4n) is 1.85. The van der Waals surface area contributed by atoms with E-state index in [-0.39, 0.29) is 0 Å². The Morgan fingerprint density at radius 1 is 1.05 bits per heavy atom. The van der Waals surface area contributed by atoms with Gasteiger partial charge in [0.25, 0.3) is 0 Å². The zero-order valence-electron chi connectivity index (χ0n) is 10.1. The maximum absolute atomic E-state index is 9.77. The zero-order valence-corrected chi connectivity index (χ0v) is 10.1. The van der Waals surface area contributed by atoms with Crippen molar-refractivity contribution in [1.82, 2.24) is 0 Å². The molecule has 0 radical (unpaired) electrons. The van der Waals surface area contributed by atoms with Crippen LogP contribution in [0.25, 0.3) is 0 Å². The van der Waals surface area contributed by atoms with Crippen LogP contribution in [0.4, 0.5) is 5.69 Å². The third-order valence-corrected chi connectivity index (χ3v) is 2.98. The zero-order chi connectivity index (χ0) is 14.0. The number of ether oxygens (including phenoxy) is 2. The molecule has 1 aliphatic heterocycles. The van der Waals surface area contributed by atoms with E-state index in [1.807, 2.05) is 0 Å². The van der Waals surface area contributed by atoms with Crippen molar-refractivity contribution >= 4 is 5.69 Å². The molecule has 1 aromatic rings. The number of benzene rings is 1. The van der Waals surface area contributed by atoms with E-state index in [0.29, 0.717) is 11.4 Å². The first-order valence-electron chi connectivity index (χ1n) is 5.85. The average molecular weight is 271 g/mol. The van der Waals surface area contributed by atoms with Crippen molar-refractivity contribution < 1.29 is 29.9 Å². The highest BCUT2D eigenvalue weighted by Crippen LogP contribution is 2.24. The molecule has 6 N–H and O–H groups in total. The van der Waals surface area contributed by atoms with Gasteiger partial charge in [0.05, 0.1) is 6.61 Å². The van der Waals surface area contributed by atoms with Crippen LogP contribution in [0.1, 0.15) is 0 Å². The molecular weight excluding hydrogens is 254 g/mol. The first kappa shape index (κ1) is 14.0. The number of rotatable bonds is 3. The average Bonchev–Trinajstić information content (AvgIpc) is 2.42. The third kappa shape index (κ3) is 2.96. The molecule has 1 fully saturated rings. The highest BCUT2D eigenvalue weighted by Gasteiger charge is 2.44. The van der Waals surface area contributed by atoms with Gasteiger partial charge in [0.2, 0.25) is 6.29 Å². The smallest absolute Gasteiger partial charge is 0.229 e. The van der Waals surface area contributed by atoms with Gasteiger partial charge in [-0.25, -0.2) is 0 Å². The van der Waals surface area contributed by atoms with Crippen molar-refractivity contribution in [1.29, 1.82) is 0 Å². The van der Waals surface area contributed by atoms with E-state index in [1.54, 1.807) is 24.3 Å². The lowest BCUT2D eigenvalue weighted by molar-refractivity contribution is -0.277. The highest BCUT2D eigenvalue weighted by atomic mass is 16.7. The largest absolute Gasteiger partial charge is 0.462 e. The Balaban J connectivity index is 2.08. The Hall–Kier alpha value is -1.38. The second kappa shape index (κ2) is 5.72. The first-order chi connectivity index (χ1) is 9.02. The van der Waals surface area contributed by atoms with E-state index in [9.17, 15) is 15.3 Å². The van der Waals surface area contributed by atoms with Crippen molar-refractivity contribution in [2.45, 2.75) is 30.7 Å². The Morgan fingerprint density at radius 2 is 1.68 bits per heavy atom. The summed E-state index contributed by atoms with van der Waals surface area (Å²) in [6, 6.07) is 6.38. The SMILES string of the molecule is Nc1ccc(O[C@H]2O[C@@H](CO)[C@@H](O)[C@H](O)[C@@H]2O)cc1. The van der Waals surface area contributed by atoms with E-state index < -0.39 is 37.3 Å². The number of anilines is 1. The van der Waals surface area contributed by atoms with Crippen molar-refractivity contribution in [2.75, 3.05) is 12.3 Å². The van der Waals surface area contributed by atoms with E-state index in [2.05, 4.69) is 0 Å². The van der Waals surface area contributed by atoms with Crippen LogP contribution < -0.4 is 10.5 Å². The number of hydrogen-bond acceptors (Lipinski definition) is 7. The molecule has 19 heavy (non-hydrogen) atoms. The summed E-state index contributed by atoms with van der Waals surface area (Å²) in [4.78, 5) is 0. The predicted molar refractivity (Wildman–Crippen MR) is 65.2 cm³/mol. The quantitative estimate of drug-likeness (QED) is 0.421. The minimum atomic E-state index is -1.45. The van der Waals surface area contributed by atoms with Crippen LogP contribution >= 0.6 is 0 Å². The molecule has 0 bridgehead atoms. The lowest BCUT2D eigenvalue weighted by atomic mass is 9.99. The van der Waals surface area contributed by atoms with Crippen molar-refractivity contribution in [3.8, 4) is 5.75 Å². The van der Waals surface area contributed by atoms with Gasteiger partial charge in [0.15, 0.2) is 0 Å². The van der Waals surface area contributed by atoms with Crippen LogP contribution in [0.5, 0.6) is 5.75 Å². The molecule has 0 saturated carbocycles. The molecular formula is C12H17NO6. The van der Waals surface area contributed by atoms with Gasteiger partial charge in [-0.2, -0.15) is 0 Å². The molecule has 0 aromatic heterocycles. The van der Waals surface area contributed by atoms with Crippen LogP contribution in [0, 0.1) is 0 Å². The van der Waals surface area contributed by atoms with Crippen LogP contribution in [0.2, 0.25) is 0 Å². The van der Waals surface area contributed by atoms with Gasteiger partial charge < -0.3 is 35.6 Å². The summed E-state index contributed by atoms with van der Waals surface area (Å²) in [7, 11) is 0. The Bertz CT molecular complexity index is 409. The topological polar surface area (TPSA) is 125 Å². The number of nitrogen functional groups attached to an aromatic ring is 1. The maximum Gasteiger partial charge on any atom is 0.229 e. The maximum atomic E-state index is 9.77. The van der Waals surface area contributed by atoms with Gasteiger partial charge in [0, 0.05) is 5.69 Å². The molecule has 1 aliphatic rings. The van der Waals surface area contributed by atoms with Crippen molar-refractivity contribution in [3.05, 3.63) is 24.3 Å². The summed E-state index contributed by atoms with van der Waals surface area (Å²) in [5.74, 6) is 0.388. The number of aliphatic hydroxyl groups is 4. The van der Waals surface area contributed by atoms with Crippen molar-refractivity contribution in [2.24, 2.45) is 0 Å². The molecule has 2 rings (SSSR count). The van der Waals surface area contributed by atoms with Gasteiger partial charge in [-0.05, 0) is 24.3 Å². The normalized spacial score (nSPS) is 35.1. The molecule has 5 atom stereocenters. The molecule has 1 heterocycles. The second-order valence-corrected chi connectivity index (χ2v) is 4.38. The Labute approximate surface area is 109 Å². The van der Waals surface area contributed by atoms with E-state index in [1.165, 1.54) is 0 Å². The summed E-state index contributed by atoms with van der Waals surface area (Å²) >= 11 is 0. The Morgan fingerprint density at radius 3 is 2.26 bits per heavy atom. The molecule has 106 valence electrons. The summed E-state index contributed by atoms with van der Waals surface area (Å²) in [6.45, 7) is -0.494. The summed E-state index contributed by atoms with van der Waals surface area (Å²) in [6.07, 6.45) is -6.44. The lowest BCUT2D eigenvalue weighted by Crippen LogP contribution is -2.60. The lowest BCUT2D eigenvalue weighted by Gasteiger charge is -2.39. The first-order valence-corrected chi connectivity index (χ1v) is 5.85. The molecule has 1 saturated heterocycles. The summed E-state index contributed by atoms with van der Waals surface area (Å²) in [5, 5.41) is 38.0. The monoisotopic (exact) mass is 271 g/mol. The number of aliphatic hydroxyl groups excluding tert-OH is 4. The summed E-state index contributed by atoms with van der Waals surface area (Å²) < 4.78 is 10.6. The Kier molecular flexibility index (Phi) is 4.23. The van der Waals surface area contributed by atoms with Crippen LogP contribution in [-0.2, 0) is 4.74 Å². The standard InChI is InChI=1S/C12H17NO6/c13-6-1-3-7(4-2-6)18-12-11(17)10(16)9(15)8(5-14)19-12/h1-4,8-12,14-17H,5,13H2/t8-,9+,10-,11-,12-/m0/s1. The van der Waals surface area contributed by atoms with Gasteiger partial charge in [-0.3, -0.25) is 0 Å². The van der Waals surface area contributed by atoms with Gasteiger partial charge in [-0.15, -0.1) is 0 Å². The van der Waals surface area contributed by atoms with Crippen molar-refractivity contribution in [3.63, 3.8) is 0 Å². The molecule has 1 aromatic carbocycles. The number of hydrogen-bond donors (Lipinski definition) is 5. The number of nitrogens with two attached hydrogens (primary N) is 1. The van der Waals surface area contributed by atoms with Gasteiger partial charge in [-0.1, -0.05) is 0 Å². The highest BCUT2D eigenvalue weighted by molar-refractivity contribution is 5.41. The third-order valence-electron chi connectivity index (χ3n) is 2.98. The fourth-order valence-corrected chi connectivity index (χ4v) is 1.85. The predicted octanol–water partition coefficient (Wildman–Crippen LogP) is -1.55.